The van der Waals surface area contributed by atoms with Gasteiger partial charge in [0.1, 0.15) is 5.82 Å². The largest absolute Gasteiger partial charge is 0.373 e. The second-order valence-corrected chi connectivity index (χ2v) is 7.68. The van der Waals surface area contributed by atoms with Gasteiger partial charge in [-0.1, -0.05) is 6.07 Å². The lowest BCUT2D eigenvalue weighted by Crippen LogP contribution is -2.50. The summed E-state index contributed by atoms with van der Waals surface area (Å²) in [6, 6.07) is 5.53. The minimum atomic E-state index is -0.268. The topological polar surface area (TPSA) is 41.6 Å². The smallest absolute Gasteiger partial charge is 0.261 e. The molecule has 2 aromatic rings. The zero-order valence-corrected chi connectivity index (χ0v) is 14.5. The number of rotatable bonds is 3. The second-order valence-electron chi connectivity index (χ2n) is 6.63. The quantitative estimate of drug-likeness (QED) is 0.927. The summed E-state index contributed by atoms with van der Waals surface area (Å²) in [5.74, 6) is -0.406. The normalized spacial score (nSPS) is 24.2. The zero-order valence-electron chi connectivity index (χ0n) is 13.7. The Morgan fingerprint density at radius 1 is 1.50 bits per heavy atom. The average molecular weight is 348 g/mol. The molecule has 0 radical (unpaired) electrons. The van der Waals surface area contributed by atoms with Crippen LogP contribution in [0.1, 0.15) is 28.1 Å². The molecule has 0 unspecified atom stereocenters. The van der Waals surface area contributed by atoms with Crippen LogP contribution in [-0.4, -0.2) is 49.2 Å². The van der Waals surface area contributed by atoms with Gasteiger partial charge >= 0.3 is 0 Å². The number of ether oxygens (including phenoxy) is 1. The van der Waals surface area contributed by atoms with Gasteiger partial charge < -0.3 is 10.1 Å². The minimum absolute atomic E-state index is 0.0368. The maximum atomic E-state index is 14.0. The maximum Gasteiger partial charge on any atom is 0.261 e. The molecule has 128 valence electrons. The number of carbonyl (C=O) groups excluding carboxylic acids is 1. The van der Waals surface area contributed by atoms with E-state index in [4.69, 9.17) is 4.74 Å². The molecule has 4 rings (SSSR count). The summed E-state index contributed by atoms with van der Waals surface area (Å²) in [5.41, 5.74) is 0.717. The van der Waals surface area contributed by atoms with E-state index in [1.807, 2.05) is 13.0 Å². The van der Waals surface area contributed by atoms with E-state index in [-0.39, 0.29) is 17.8 Å². The highest BCUT2D eigenvalue weighted by atomic mass is 32.1. The summed E-state index contributed by atoms with van der Waals surface area (Å²) in [5, 5.41) is 3.52. The molecule has 2 fully saturated rings. The third kappa shape index (κ3) is 2.83. The number of aryl methyl sites for hydroxylation is 1. The van der Waals surface area contributed by atoms with E-state index in [1.54, 1.807) is 6.07 Å². The van der Waals surface area contributed by atoms with Crippen molar-refractivity contribution in [1.29, 1.82) is 0 Å². The van der Waals surface area contributed by atoms with E-state index < -0.39 is 0 Å². The molecular formula is C18H21FN2O2S. The first-order chi connectivity index (χ1) is 11.6. The fourth-order valence-corrected chi connectivity index (χ4v) is 4.91. The Labute approximate surface area is 144 Å². The fourth-order valence-electron chi connectivity index (χ4n) is 3.77. The number of benzene rings is 1. The van der Waals surface area contributed by atoms with Gasteiger partial charge in [0.25, 0.3) is 5.91 Å². The van der Waals surface area contributed by atoms with Gasteiger partial charge in [-0.2, -0.15) is 0 Å². The summed E-state index contributed by atoms with van der Waals surface area (Å²) in [6.07, 6.45) is 2.49. The van der Waals surface area contributed by atoms with E-state index in [9.17, 15) is 9.18 Å². The minimum Gasteiger partial charge on any atom is -0.373 e. The van der Waals surface area contributed by atoms with Crippen LogP contribution in [0.5, 0.6) is 0 Å². The van der Waals surface area contributed by atoms with E-state index >= 15 is 0 Å². The molecule has 1 amide bonds. The molecule has 1 aromatic heterocycles. The van der Waals surface area contributed by atoms with Gasteiger partial charge in [0, 0.05) is 29.2 Å². The SMILES string of the molecule is Cc1c(C(=O)NC[C@@H]2CN3CCC[C@@H]3CO2)sc2cccc(F)c12. The van der Waals surface area contributed by atoms with Gasteiger partial charge in [-0.15, -0.1) is 11.3 Å². The molecule has 0 spiro atoms. The molecule has 2 saturated heterocycles. The Kier molecular flexibility index (Phi) is 4.28. The third-order valence-electron chi connectivity index (χ3n) is 5.06. The number of amides is 1. The highest BCUT2D eigenvalue weighted by Crippen LogP contribution is 2.32. The van der Waals surface area contributed by atoms with E-state index in [2.05, 4.69) is 10.2 Å². The molecule has 0 saturated carbocycles. The lowest BCUT2D eigenvalue weighted by Gasteiger charge is -2.35. The van der Waals surface area contributed by atoms with Crippen LogP contribution in [0.2, 0.25) is 0 Å². The monoisotopic (exact) mass is 348 g/mol. The van der Waals surface area contributed by atoms with E-state index in [0.717, 1.165) is 30.0 Å². The van der Waals surface area contributed by atoms with Crippen LogP contribution in [0.25, 0.3) is 10.1 Å². The number of halogens is 1. The van der Waals surface area contributed by atoms with Crippen LogP contribution >= 0.6 is 11.3 Å². The molecule has 1 aromatic carbocycles. The van der Waals surface area contributed by atoms with Crippen LogP contribution in [0, 0.1) is 12.7 Å². The van der Waals surface area contributed by atoms with Crippen molar-refractivity contribution in [3.8, 4) is 0 Å². The molecule has 0 bridgehead atoms. The maximum absolute atomic E-state index is 14.0. The van der Waals surface area contributed by atoms with Crippen molar-refractivity contribution in [3.05, 3.63) is 34.5 Å². The lowest BCUT2D eigenvalue weighted by molar-refractivity contribution is -0.0461. The number of hydrogen-bond donors (Lipinski definition) is 1. The zero-order chi connectivity index (χ0) is 16.7. The fraction of sp³-hybridized carbons (Fsp3) is 0.500. The summed E-state index contributed by atoms with van der Waals surface area (Å²) >= 11 is 1.34. The molecule has 1 N–H and O–H groups in total. The highest BCUT2D eigenvalue weighted by Gasteiger charge is 2.32. The molecule has 4 nitrogen and oxygen atoms in total. The Bertz CT molecular complexity index is 776. The molecule has 2 atom stereocenters. The Morgan fingerprint density at radius 2 is 2.38 bits per heavy atom. The average Bonchev–Trinajstić information content (AvgIpc) is 3.17. The predicted octanol–water partition coefficient (Wildman–Crippen LogP) is 2.94. The number of nitrogens with zero attached hydrogens (tertiary/aromatic N) is 1. The Morgan fingerprint density at radius 3 is 3.21 bits per heavy atom. The van der Waals surface area contributed by atoms with E-state index in [0.29, 0.717) is 22.8 Å². The first-order valence-corrected chi connectivity index (χ1v) is 9.26. The van der Waals surface area contributed by atoms with Crippen molar-refractivity contribution in [3.63, 3.8) is 0 Å². The van der Waals surface area contributed by atoms with Gasteiger partial charge in [-0.25, -0.2) is 4.39 Å². The standard InChI is InChI=1S/C18H21FN2O2S/c1-11-16-14(19)5-2-6-15(16)24-17(11)18(22)20-8-13-9-21-7-3-4-12(21)10-23-13/h2,5-6,12-13H,3-4,7-10H2,1H3,(H,20,22)/t12-,13-/m1/s1. The van der Waals surface area contributed by atoms with Gasteiger partial charge in [-0.3, -0.25) is 9.69 Å². The predicted molar refractivity (Wildman–Crippen MR) is 93.2 cm³/mol. The third-order valence-corrected chi connectivity index (χ3v) is 6.32. The van der Waals surface area contributed by atoms with Crippen molar-refractivity contribution in [2.24, 2.45) is 0 Å². The first-order valence-electron chi connectivity index (χ1n) is 8.45. The number of hydrogen-bond acceptors (Lipinski definition) is 4. The molecule has 6 heteroatoms. The van der Waals surface area contributed by atoms with Crippen molar-refractivity contribution in [2.75, 3.05) is 26.2 Å². The van der Waals surface area contributed by atoms with Crippen molar-refractivity contribution >= 4 is 27.3 Å². The van der Waals surface area contributed by atoms with Crippen LogP contribution in [-0.2, 0) is 4.74 Å². The van der Waals surface area contributed by atoms with Crippen molar-refractivity contribution in [1.82, 2.24) is 10.2 Å². The van der Waals surface area contributed by atoms with Crippen LogP contribution in [0.3, 0.4) is 0 Å². The number of nitrogens with one attached hydrogen (secondary N) is 1. The summed E-state index contributed by atoms with van der Waals surface area (Å²) in [7, 11) is 0. The van der Waals surface area contributed by atoms with Crippen LogP contribution in [0.15, 0.2) is 18.2 Å². The van der Waals surface area contributed by atoms with Crippen molar-refractivity contribution < 1.29 is 13.9 Å². The first kappa shape index (κ1) is 16.0. The summed E-state index contributed by atoms with van der Waals surface area (Å²) in [4.78, 5) is 15.6. The lowest BCUT2D eigenvalue weighted by atomic mass is 10.1. The molecule has 24 heavy (non-hydrogen) atoms. The van der Waals surface area contributed by atoms with Gasteiger partial charge in [-0.05, 0) is 44.0 Å². The highest BCUT2D eigenvalue weighted by molar-refractivity contribution is 7.21. The molecular weight excluding hydrogens is 327 g/mol. The number of carbonyl (C=O) groups is 1. The van der Waals surface area contributed by atoms with Crippen molar-refractivity contribution in [2.45, 2.75) is 31.9 Å². The second kappa shape index (κ2) is 6.43. The molecule has 3 heterocycles. The number of thiophene rings is 1. The van der Waals surface area contributed by atoms with Crippen LogP contribution in [0.4, 0.5) is 4.39 Å². The van der Waals surface area contributed by atoms with Crippen LogP contribution < -0.4 is 5.32 Å². The Hall–Kier alpha value is -1.50. The summed E-state index contributed by atoms with van der Waals surface area (Å²) < 4.78 is 20.7. The molecule has 2 aliphatic rings. The molecule has 0 aliphatic carbocycles. The Balaban J connectivity index is 1.43. The van der Waals surface area contributed by atoms with E-state index in [1.165, 1.54) is 30.2 Å². The van der Waals surface area contributed by atoms with Gasteiger partial charge in [0.15, 0.2) is 0 Å². The van der Waals surface area contributed by atoms with Gasteiger partial charge in [0.05, 0.1) is 17.6 Å². The number of morpholine rings is 1. The number of fused-ring (bicyclic) bond motifs is 2. The molecule has 2 aliphatic heterocycles. The summed E-state index contributed by atoms with van der Waals surface area (Å²) in [6.45, 7) is 5.08. The van der Waals surface area contributed by atoms with Gasteiger partial charge in [0.2, 0.25) is 0 Å².